The predicted molar refractivity (Wildman–Crippen MR) is 65.4 cm³/mol. The van der Waals surface area contributed by atoms with Crippen molar-refractivity contribution < 1.29 is 0 Å². The number of nitrogens with zero attached hydrogens (tertiary/aromatic N) is 2. The van der Waals surface area contributed by atoms with Crippen LogP contribution in [0.15, 0.2) is 6.20 Å². The van der Waals surface area contributed by atoms with Gasteiger partial charge in [-0.2, -0.15) is 0 Å². The fourth-order valence-corrected chi connectivity index (χ4v) is 2.02. The highest BCUT2D eigenvalue weighted by Crippen LogP contribution is 2.39. The maximum Gasteiger partial charge on any atom is 0.129 e. The molecule has 1 aromatic rings. The van der Waals surface area contributed by atoms with E-state index in [4.69, 9.17) is 0 Å². The number of hydrogen-bond donors (Lipinski definition) is 0. The highest BCUT2D eigenvalue weighted by Gasteiger charge is 2.27. The molecule has 1 aromatic heterocycles. The topological polar surface area (TPSA) is 17.8 Å². The van der Waals surface area contributed by atoms with E-state index in [1.165, 1.54) is 18.7 Å². The molecule has 3 heteroatoms. The molecular formula is C12H18N2Si. The summed E-state index contributed by atoms with van der Waals surface area (Å²) in [5, 5.41) is 0. The number of rotatable bonds is 1. The number of aromatic nitrogens is 2. The van der Waals surface area contributed by atoms with Gasteiger partial charge in [0.25, 0.3) is 0 Å². The molecular weight excluding hydrogens is 200 g/mol. The summed E-state index contributed by atoms with van der Waals surface area (Å²) in [4.78, 5) is 4.45. The Morgan fingerprint density at radius 1 is 1.40 bits per heavy atom. The summed E-state index contributed by atoms with van der Waals surface area (Å²) in [6.45, 7) is 6.79. The average molecular weight is 218 g/mol. The van der Waals surface area contributed by atoms with Crippen LogP contribution in [0.4, 0.5) is 0 Å². The van der Waals surface area contributed by atoms with E-state index in [9.17, 15) is 0 Å². The van der Waals surface area contributed by atoms with Crippen molar-refractivity contribution in [2.24, 2.45) is 7.05 Å². The number of imidazole rings is 1. The Hall–Kier alpha value is -1.01. The summed E-state index contributed by atoms with van der Waals surface area (Å²) in [6, 6.07) is 0. The van der Waals surface area contributed by atoms with Crippen molar-refractivity contribution in [2.75, 3.05) is 0 Å². The van der Waals surface area contributed by atoms with Gasteiger partial charge in [-0.3, -0.25) is 0 Å². The molecule has 15 heavy (non-hydrogen) atoms. The Kier molecular flexibility index (Phi) is 2.47. The SMILES string of the molecule is Cn1c(C#C[Si](C)(C)C)cnc1C1CC1. The molecule has 1 aliphatic rings. The second kappa shape index (κ2) is 3.53. The fourth-order valence-electron chi connectivity index (χ4n) is 1.51. The lowest BCUT2D eigenvalue weighted by Crippen LogP contribution is -2.16. The maximum absolute atomic E-state index is 4.45. The van der Waals surface area contributed by atoms with Gasteiger partial charge in [-0.1, -0.05) is 25.6 Å². The molecule has 0 bridgehead atoms. The van der Waals surface area contributed by atoms with E-state index >= 15 is 0 Å². The molecule has 0 atom stereocenters. The Morgan fingerprint density at radius 3 is 2.60 bits per heavy atom. The summed E-state index contributed by atoms with van der Waals surface area (Å²) in [5.74, 6) is 5.19. The first-order valence-corrected chi connectivity index (χ1v) is 9.02. The third-order valence-corrected chi connectivity index (χ3v) is 3.41. The predicted octanol–water partition coefficient (Wildman–Crippen LogP) is 2.53. The van der Waals surface area contributed by atoms with E-state index in [1.54, 1.807) is 0 Å². The standard InChI is InChI=1S/C12H18N2Si/c1-14-11(7-8-15(2,3)4)9-13-12(14)10-5-6-10/h9-10H,5-6H2,1-4H3. The summed E-state index contributed by atoms with van der Waals surface area (Å²) >= 11 is 0. The largest absolute Gasteiger partial charge is 0.324 e. The van der Waals surface area contributed by atoms with Crippen LogP contribution in [0.2, 0.25) is 19.6 Å². The van der Waals surface area contributed by atoms with Crippen molar-refractivity contribution in [2.45, 2.75) is 38.4 Å². The van der Waals surface area contributed by atoms with Crippen molar-refractivity contribution in [3.05, 3.63) is 17.7 Å². The minimum atomic E-state index is -1.27. The van der Waals surface area contributed by atoms with Gasteiger partial charge in [-0.05, 0) is 12.8 Å². The minimum absolute atomic E-state index is 0.706. The molecule has 0 saturated heterocycles. The normalized spacial score (nSPS) is 16.0. The van der Waals surface area contributed by atoms with Crippen LogP contribution in [0.1, 0.15) is 30.3 Å². The Labute approximate surface area is 92.7 Å². The quantitative estimate of drug-likeness (QED) is 0.523. The van der Waals surface area contributed by atoms with Crippen LogP contribution in [0.5, 0.6) is 0 Å². The zero-order valence-corrected chi connectivity index (χ0v) is 11.0. The van der Waals surface area contributed by atoms with Crippen LogP contribution < -0.4 is 0 Å². The monoisotopic (exact) mass is 218 g/mol. The van der Waals surface area contributed by atoms with E-state index < -0.39 is 8.07 Å². The summed E-state index contributed by atoms with van der Waals surface area (Å²) in [5.41, 5.74) is 4.45. The molecule has 2 rings (SSSR count). The molecule has 1 aliphatic carbocycles. The lowest BCUT2D eigenvalue weighted by Gasteiger charge is -2.04. The van der Waals surface area contributed by atoms with Crippen molar-refractivity contribution in [3.63, 3.8) is 0 Å². The summed E-state index contributed by atoms with van der Waals surface area (Å²) < 4.78 is 2.16. The first-order chi connectivity index (χ1) is 6.97. The third-order valence-electron chi connectivity index (χ3n) is 2.53. The van der Waals surface area contributed by atoms with Gasteiger partial charge in [0.1, 0.15) is 19.6 Å². The first kappa shape index (κ1) is 10.5. The lowest BCUT2D eigenvalue weighted by atomic mass is 10.4. The molecule has 0 unspecified atom stereocenters. The van der Waals surface area contributed by atoms with Gasteiger partial charge in [0.15, 0.2) is 0 Å². The summed E-state index contributed by atoms with van der Waals surface area (Å²) in [7, 11) is 0.811. The van der Waals surface area contributed by atoms with Gasteiger partial charge in [-0.25, -0.2) is 4.98 Å². The molecule has 0 amide bonds. The van der Waals surface area contributed by atoms with E-state index in [-0.39, 0.29) is 0 Å². The molecule has 1 fully saturated rings. The van der Waals surface area contributed by atoms with Crippen molar-refractivity contribution in [1.29, 1.82) is 0 Å². The Balaban J connectivity index is 2.25. The van der Waals surface area contributed by atoms with Gasteiger partial charge in [0.05, 0.1) is 6.20 Å². The Bertz CT molecular complexity index is 425. The molecule has 80 valence electrons. The van der Waals surface area contributed by atoms with Crippen LogP contribution in [-0.4, -0.2) is 17.6 Å². The first-order valence-electron chi connectivity index (χ1n) is 5.52. The fraction of sp³-hybridized carbons (Fsp3) is 0.583. The third kappa shape index (κ3) is 2.51. The van der Waals surface area contributed by atoms with E-state index in [0.717, 1.165) is 5.69 Å². The highest BCUT2D eigenvalue weighted by molar-refractivity contribution is 6.83. The summed E-state index contributed by atoms with van der Waals surface area (Å²) in [6.07, 6.45) is 4.51. The van der Waals surface area contributed by atoms with E-state index in [1.807, 2.05) is 6.20 Å². The zero-order valence-electron chi connectivity index (χ0n) is 9.96. The van der Waals surface area contributed by atoms with Gasteiger partial charge in [-0.15, -0.1) is 5.54 Å². The van der Waals surface area contributed by atoms with Crippen LogP contribution >= 0.6 is 0 Å². The van der Waals surface area contributed by atoms with Gasteiger partial charge in [0.2, 0.25) is 0 Å². The van der Waals surface area contributed by atoms with Gasteiger partial charge in [0, 0.05) is 13.0 Å². The van der Waals surface area contributed by atoms with Crippen molar-refractivity contribution >= 4 is 8.07 Å². The second-order valence-electron chi connectivity index (χ2n) is 5.33. The Morgan fingerprint density at radius 2 is 2.07 bits per heavy atom. The van der Waals surface area contributed by atoms with Crippen LogP contribution in [0, 0.1) is 11.5 Å². The van der Waals surface area contributed by atoms with Crippen molar-refractivity contribution in [3.8, 4) is 11.5 Å². The lowest BCUT2D eigenvalue weighted by molar-refractivity contribution is 0.792. The van der Waals surface area contributed by atoms with Gasteiger partial charge < -0.3 is 4.57 Å². The van der Waals surface area contributed by atoms with Crippen LogP contribution in [0.3, 0.4) is 0 Å². The van der Waals surface area contributed by atoms with E-state index in [0.29, 0.717) is 5.92 Å². The average Bonchev–Trinajstić information content (AvgIpc) is 2.88. The molecule has 0 radical (unpaired) electrons. The van der Waals surface area contributed by atoms with Crippen molar-refractivity contribution in [1.82, 2.24) is 9.55 Å². The number of hydrogen-bond acceptors (Lipinski definition) is 1. The molecule has 0 aromatic carbocycles. The maximum atomic E-state index is 4.45. The second-order valence-corrected chi connectivity index (χ2v) is 10.1. The molecule has 1 saturated carbocycles. The minimum Gasteiger partial charge on any atom is -0.324 e. The molecule has 0 aliphatic heterocycles. The van der Waals surface area contributed by atoms with Crippen LogP contribution in [-0.2, 0) is 7.05 Å². The molecule has 0 spiro atoms. The zero-order chi connectivity index (χ0) is 11.1. The molecule has 0 N–H and O–H groups in total. The van der Waals surface area contributed by atoms with E-state index in [2.05, 4.69) is 47.7 Å². The highest BCUT2D eigenvalue weighted by atomic mass is 28.3. The van der Waals surface area contributed by atoms with Crippen LogP contribution in [0.25, 0.3) is 0 Å². The van der Waals surface area contributed by atoms with Gasteiger partial charge >= 0.3 is 0 Å². The molecule has 2 nitrogen and oxygen atoms in total. The smallest absolute Gasteiger partial charge is 0.129 e. The molecule has 1 heterocycles.